The first-order valence-electron chi connectivity index (χ1n) is 7.40. The van der Waals surface area contributed by atoms with Gasteiger partial charge in [-0.15, -0.1) is 0 Å². The van der Waals surface area contributed by atoms with Crippen LogP contribution in [0.2, 0.25) is 0 Å². The van der Waals surface area contributed by atoms with Crippen LogP contribution in [0.1, 0.15) is 19.4 Å². The fourth-order valence-corrected chi connectivity index (χ4v) is 1.64. The predicted octanol–water partition coefficient (Wildman–Crippen LogP) is 5.16. The van der Waals surface area contributed by atoms with Gasteiger partial charge in [-0.1, -0.05) is 48.3 Å². The van der Waals surface area contributed by atoms with Gasteiger partial charge >= 0.3 is 24.1 Å². The summed E-state index contributed by atoms with van der Waals surface area (Å²) in [6.45, 7) is 4.44. The van der Waals surface area contributed by atoms with E-state index in [9.17, 15) is 31.1 Å². The lowest BCUT2D eigenvalue weighted by Gasteiger charge is -2.34. The van der Waals surface area contributed by atoms with Crippen LogP contribution in [0.3, 0.4) is 0 Å². The molecule has 0 atom stereocenters. The molecule has 0 saturated carbocycles. The number of benzene rings is 1. The standard InChI is InChI=1S/C15H16ClF6N3O2/c1-8(2)11(16)25-27-13(14(17,18)19,15(20,21)22)24-12(26)23-10-6-4-9(3)5-7-10/h4-8H,1-3H3,(H2,23,24,26). The number of oxime groups is 1. The van der Waals surface area contributed by atoms with Crippen LogP contribution in [-0.2, 0) is 4.84 Å². The maximum absolute atomic E-state index is 13.3. The molecule has 12 heteroatoms. The number of nitrogens with one attached hydrogen (secondary N) is 2. The SMILES string of the molecule is Cc1ccc(NC(=O)NC(ON=C(Cl)C(C)C)(C(F)(F)F)C(F)(F)F)cc1. The zero-order chi connectivity index (χ0) is 21.0. The van der Waals surface area contributed by atoms with E-state index < -0.39 is 35.2 Å². The van der Waals surface area contributed by atoms with Crippen molar-refractivity contribution in [3.8, 4) is 0 Å². The number of nitrogens with zero attached hydrogens (tertiary/aromatic N) is 1. The third-order valence-electron chi connectivity index (χ3n) is 3.14. The topological polar surface area (TPSA) is 62.7 Å². The van der Waals surface area contributed by atoms with Crippen LogP contribution < -0.4 is 10.6 Å². The highest BCUT2D eigenvalue weighted by Gasteiger charge is 2.76. The Kier molecular flexibility index (Phi) is 6.98. The van der Waals surface area contributed by atoms with Gasteiger partial charge in [0.1, 0.15) is 5.17 Å². The monoisotopic (exact) mass is 419 g/mol. The second kappa shape index (κ2) is 8.24. The Morgan fingerprint density at radius 1 is 1.07 bits per heavy atom. The number of rotatable bonds is 5. The number of halogens is 7. The van der Waals surface area contributed by atoms with Gasteiger partial charge in [0.15, 0.2) is 0 Å². The Balaban J connectivity index is 3.21. The van der Waals surface area contributed by atoms with E-state index in [4.69, 9.17) is 11.6 Å². The van der Waals surface area contributed by atoms with Gasteiger partial charge in [0.05, 0.1) is 0 Å². The van der Waals surface area contributed by atoms with E-state index in [0.717, 1.165) is 10.9 Å². The van der Waals surface area contributed by atoms with E-state index in [1.807, 2.05) is 5.32 Å². The normalized spacial score (nSPS) is 13.5. The van der Waals surface area contributed by atoms with Gasteiger partial charge < -0.3 is 10.2 Å². The molecule has 0 aliphatic heterocycles. The molecule has 27 heavy (non-hydrogen) atoms. The molecule has 1 aromatic carbocycles. The molecule has 0 unspecified atom stereocenters. The Morgan fingerprint density at radius 2 is 1.56 bits per heavy atom. The molecule has 0 heterocycles. The zero-order valence-corrected chi connectivity index (χ0v) is 15.1. The smallest absolute Gasteiger partial charge is 0.346 e. The van der Waals surface area contributed by atoms with Crippen molar-refractivity contribution in [1.82, 2.24) is 5.32 Å². The van der Waals surface area contributed by atoms with Gasteiger partial charge in [-0.2, -0.15) is 26.3 Å². The summed E-state index contributed by atoms with van der Waals surface area (Å²) < 4.78 is 79.6. The van der Waals surface area contributed by atoms with Crippen molar-refractivity contribution in [3.63, 3.8) is 0 Å². The number of urea groups is 1. The van der Waals surface area contributed by atoms with E-state index in [1.54, 1.807) is 6.92 Å². The molecule has 0 bridgehead atoms. The molecule has 0 saturated heterocycles. The number of carbonyl (C=O) groups is 1. The first-order valence-corrected chi connectivity index (χ1v) is 7.78. The lowest BCUT2D eigenvalue weighted by atomic mass is 10.2. The summed E-state index contributed by atoms with van der Waals surface area (Å²) >= 11 is 5.47. The van der Waals surface area contributed by atoms with Gasteiger partial charge in [0.2, 0.25) is 0 Å². The van der Waals surface area contributed by atoms with Crippen molar-refractivity contribution >= 4 is 28.5 Å². The number of hydrogen-bond donors (Lipinski definition) is 2. The van der Waals surface area contributed by atoms with Gasteiger partial charge in [0, 0.05) is 11.6 Å². The fourth-order valence-electron chi connectivity index (χ4n) is 1.61. The molecule has 0 aliphatic carbocycles. The van der Waals surface area contributed by atoms with Crippen LogP contribution in [0, 0.1) is 12.8 Å². The zero-order valence-electron chi connectivity index (χ0n) is 14.3. The fraction of sp³-hybridized carbons (Fsp3) is 0.467. The largest absolute Gasteiger partial charge is 0.461 e. The lowest BCUT2D eigenvalue weighted by Crippen LogP contribution is -2.69. The lowest BCUT2D eigenvalue weighted by molar-refractivity contribution is -0.388. The van der Waals surface area contributed by atoms with E-state index in [2.05, 4.69) is 9.99 Å². The average molecular weight is 420 g/mol. The van der Waals surface area contributed by atoms with E-state index >= 15 is 0 Å². The second-order valence-electron chi connectivity index (χ2n) is 5.78. The predicted molar refractivity (Wildman–Crippen MR) is 87.4 cm³/mol. The maximum Gasteiger partial charge on any atom is 0.461 e. The van der Waals surface area contributed by atoms with Crippen molar-refractivity contribution in [2.45, 2.75) is 38.8 Å². The minimum absolute atomic E-state index is 0.0277. The van der Waals surface area contributed by atoms with E-state index in [1.165, 1.54) is 38.1 Å². The molecule has 0 aliphatic rings. The van der Waals surface area contributed by atoms with Gasteiger partial charge in [0.25, 0.3) is 0 Å². The van der Waals surface area contributed by atoms with Crippen molar-refractivity contribution < 1.29 is 36.0 Å². The molecule has 2 amide bonds. The number of hydrogen-bond acceptors (Lipinski definition) is 3. The van der Waals surface area contributed by atoms with Crippen LogP contribution in [0.15, 0.2) is 29.4 Å². The molecule has 0 spiro atoms. The van der Waals surface area contributed by atoms with Gasteiger partial charge in [-0.3, -0.25) is 5.32 Å². The summed E-state index contributed by atoms with van der Waals surface area (Å²) in [5.74, 6) is -0.702. The van der Waals surface area contributed by atoms with E-state index in [-0.39, 0.29) is 5.69 Å². The van der Waals surface area contributed by atoms with Crippen molar-refractivity contribution in [2.24, 2.45) is 11.1 Å². The highest BCUT2D eigenvalue weighted by molar-refractivity contribution is 6.65. The Hall–Kier alpha value is -2.17. The number of aryl methyl sites for hydroxylation is 1. The van der Waals surface area contributed by atoms with E-state index in [0.29, 0.717) is 0 Å². The van der Waals surface area contributed by atoms with Crippen molar-refractivity contribution in [3.05, 3.63) is 29.8 Å². The number of alkyl halides is 6. The molecular weight excluding hydrogens is 404 g/mol. The molecule has 0 fully saturated rings. The van der Waals surface area contributed by atoms with Gasteiger partial charge in [-0.25, -0.2) is 4.79 Å². The van der Waals surface area contributed by atoms with Crippen molar-refractivity contribution in [2.75, 3.05) is 5.32 Å². The molecule has 2 N–H and O–H groups in total. The summed E-state index contributed by atoms with van der Waals surface area (Å²) in [4.78, 5) is 15.5. The third kappa shape index (κ3) is 5.65. The second-order valence-corrected chi connectivity index (χ2v) is 6.17. The summed E-state index contributed by atoms with van der Waals surface area (Å²) in [6, 6.07) is 3.79. The molecule has 152 valence electrons. The van der Waals surface area contributed by atoms with Gasteiger partial charge in [-0.05, 0) is 19.1 Å². The number of carbonyl (C=O) groups excluding carboxylic acids is 1. The average Bonchev–Trinajstić information content (AvgIpc) is 2.50. The first kappa shape index (κ1) is 22.9. The quantitative estimate of drug-likeness (QED) is 0.299. The molecule has 0 radical (unpaired) electrons. The summed E-state index contributed by atoms with van der Waals surface area (Å²) in [5.41, 5.74) is -4.36. The maximum atomic E-state index is 13.3. The Morgan fingerprint density at radius 3 is 1.96 bits per heavy atom. The Bertz CT molecular complexity index is 672. The molecule has 1 aromatic rings. The molecule has 0 aromatic heterocycles. The van der Waals surface area contributed by atoms with Crippen LogP contribution in [0.5, 0.6) is 0 Å². The minimum atomic E-state index is -6.09. The van der Waals surface area contributed by atoms with Crippen LogP contribution in [-0.4, -0.2) is 29.3 Å². The highest BCUT2D eigenvalue weighted by Crippen LogP contribution is 2.44. The molecular formula is C15H16ClF6N3O2. The highest BCUT2D eigenvalue weighted by atomic mass is 35.5. The summed E-state index contributed by atoms with van der Waals surface area (Å²) in [7, 11) is 0. The van der Waals surface area contributed by atoms with Crippen LogP contribution in [0.25, 0.3) is 0 Å². The molecule has 1 rings (SSSR count). The van der Waals surface area contributed by atoms with Crippen molar-refractivity contribution in [1.29, 1.82) is 0 Å². The third-order valence-corrected chi connectivity index (χ3v) is 3.65. The number of anilines is 1. The minimum Gasteiger partial charge on any atom is -0.346 e. The summed E-state index contributed by atoms with van der Waals surface area (Å²) in [5, 5.41) is 4.70. The van der Waals surface area contributed by atoms with Crippen LogP contribution in [0.4, 0.5) is 36.8 Å². The Labute approximate surface area is 155 Å². The summed E-state index contributed by atoms with van der Waals surface area (Å²) in [6.07, 6.45) is -12.2. The van der Waals surface area contributed by atoms with Crippen LogP contribution >= 0.6 is 11.6 Å². The molecule has 5 nitrogen and oxygen atoms in total. The first-order chi connectivity index (χ1) is 12.2. The number of amides is 2.